The number of nitrogens with zero attached hydrogens (tertiary/aromatic N) is 1. The highest BCUT2D eigenvalue weighted by atomic mass is 32.2. The zero-order chi connectivity index (χ0) is 16.4. The number of rotatable bonds is 4. The van der Waals surface area contributed by atoms with E-state index in [4.69, 9.17) is 0 Å². The molecule has 0 amide bonds. The standard InChI is InChI=1S/C14H12N4O4S/c19-13-11-6-10(3-4-12(11)17-14(20)18-13)23(21,22)16-8-9-2-1-5-15-7-9/h1-7,16H,8H2,(H2,17,18,19,20). The van der Waals surface area contributed by atoms with Crippen LogP contribution in [0.25, 0.3) is 10.9 Å². The number of aromatic amines is 2. The van der Waals surface area contributed by atoms with Crippen molar-refractivity contribution in [1.29, 1.82) is 0 Å². The van der Waals surface area contributed by atoms with Crippen LogP contribution in [0, 0.1) is 0 Å². The Morgan fingerprint density at radius 3 is 2.70 bits per heavy atom. The third-order valence-corrected chi connectivity index (χ3v) is 4.61. The molecule has 118 valence electrons. The van der Waals surface area contributed by atoms with Crippen molar-refractivity contribution in [3.05, 3.63) is 69.1 Å². The van der Waals surface area contributed by atoms with Gasteiger partial charge in [0.25, 0.3) is 5.56 Å². The maximum atomic E-state index is 12.3. The molecule has 0 aliphatic rings. The Bertz CT molecular complexity index is 1070. The van der Waals surface area contributed by atoms with Gasteiger partial charge in [-0.3, -0.25) is 14.8 Å². The third kappa shape index (κ3) is 3.20. The number of nitrogens with one attached hydrogen (secondary N) is 3. The molecule has 0 saturated heterocycles. The fraction of sp³-hybridized carbons (Fsp3) is 0.0714. The van der Waals surface area contributed by atoms with Crippen molar-refractivity contribution in [2.45, 2.75) is 11.4 Å². The summed E-state index contributed by atoms with van der Waals surface area (Å²) in [5.41, 5.74) is -0.315. The van der Waals surface area contributed by atoms with Crippen LogP contribution in [0.4, 0.5) is 0 Å². The Morgan fingerprint density at radius 2 is 1.96 bits per heavy atom. The number of pyridine rings is 1. The molecule has 8 nitrogen and oxygen atoms in total. The highest BCUT2D eigenvalue weighted by Gasteiger charge is 2.15. The van der Waals surface area contributed by atoms with Gasteiger partial charge >= 0.3 is 5.69 Å². The van der Waals surface area contributed by atoms with Gasteiger partial charge in [0.2, 0.25) is 10.0 Å². The lowest BCUT2D eigenvalue weighted by Crippen LogP contribution is -2.25. The van der Waals surface area contributed by atoms with Gasteiger partial charge in [-0.15, -0.1) is 0 Å². The minimum Gasteiger partial charge on any atom is -0.307 e. The molecule has 0 bridgehead atoms. The fourth-order valence-electron chi connectivity index (χ4n) is 2.08. The van der Waals surface area contributed by atoms with E-state index in [-0.39, 0.29) is 22.3 Å². The maximum Gasteiger partial charge on any atom is 0.326 e. The Labute approximate surface area is 130 Å². The molecule has 1 aromatic carbocycles. The van der Waals surface area contributed by atoms with E-state index >= 15 is 0 Å². The normalized spacial score (nSPS) is 11.7. The minimum absolute atomic E-state index is 0.0635. The van der Waals surface area contributed by atoms with E-state index in [2.05, 4.69) is 19.7 Å². The maximum absolute atomic E-state index is 12.3. The number of hydrogen-bond donors (Lipinski definition) is 3. The fourth-order valence-corrected chi connectivity index (χ4v) is 3.12. The molecule has 0 aliphatic carbocycles. The average Bonchev–Trinajstić information content (AvgIpc) is 2.53. The number of H-pyrrole nitrogens is 2. The molecule has 3 N–H and O–H groups in total. The molecule has 0 aliphatic heterocycles. The molecule has 0 atom stereocenters. The summed E-state index contributed by atoms with van der Waals surface area (Å²) in [6.45, 7) is 0.0796. The van der Waals surface area contributed by atoms with Crippen LogP contribution in [0.15, 0.2) is 57.2 Å². The molecular weight excluding hydrogens is 320 g/mol. The van der Waals surface area contributed by atoms with Gasteiger partial charge < -0.3 is 4.98 Å². The average molecular weight is 332 g/mol. The molecule has 0 radical (unpaired) electrons. The summed E-state index contributed by atoms with van der Waals surface area (Å²) in [6.07, 6.45) is 3.15. The molecule has 23 heavy (non-hydrogen) atoms. The topological polar surface area (TPSA) is 125 Å². The van der Waals surface area contributed by atoms with E-state index in [0.717, 1.165) is 0 Å². The number of hydrogen-bond acceptors (Lipinski definition) is 5. The van der Waals surface area contributed by atoms with Crippen molar-refractivity contribution < 1.29 is 8.42 Å². The Hall–Kier alpha value is -2.78. The van der Waals surface area contributed by atoms with E-state index in [1.807, 2.05) is 0 Å². The van der Waals surface area contributed by atoms with E-state index in [1.165, 1.54) is 18.2 Å². The monoisotopic (exact) mass is 332 g/mol. The summed E-state index contributed by atoms with van der Waals surface area (Å²) < 4.78 is 27.1. The lowest BCUT2D eigenvalue weighted by molar-refractivity contribution is 0.581. The first-order chi connectivity index (χ1) is 11.0. The molecule has 2 heterocycles. The van der Waals surface area contributed by atoms with Crippen LogP contribution >= 0.6 is 0 Å². The zero-order valence-corrected chi connectivity index (χ0v) is 12.6. The SMILES string of the molecule is O=c1[nH]c(=O)c2cc(S(=O)(=O)NCc3cccnc3)ccc2[nH]1. The summed E-state index contributed by atoms with van der Waals surface area (Å²) in [7, 11) is -3.80. The summed E-state index contributed by atoms with van der Waals surface area (Å²) in [5.74, 6) is 0. The van der Waals surface area contributed by atoms with Gasteiger partial charge in [0, 0.05) is 18.9 Å². The van der Waals surface area contributed by atoms with Crippen molar-refractivity contribution in [2.75, 3.05) is 0 Å². The second-order valence-electron chi connectivity index (χ2n) is 4.80. The van der Waals surface area contributed by atoms with Crippen LogP contribution in [0.2, 0.25) is 0 Å². The van der Waals surface area contributed by atoms with Gasteiger partial charge in [0.1, 0.15) is 0 Å². The first-order valence-electron chi connectivity index (χ1n) is 6.61. The molecule has 9 heteroatoms. The highest BCUT2D eigenvalue weighted by Crippen LogP contribution is 2.14. The van der Waals surface area contributed by atoms with Gasteiger partial charge in [0.15, 0.2) is 0 Å². The first-order valence-corrected chi connectivity index (χ1v) is 8.09. The Balaban J connectivity index is 1.95. The van der Waals surface area contributed by atoms with E-state index in [1.54, 1.807) is 24.5 Å². The molecule has 3 rings (SSSR count). The van der Waals surface area contributed by atoms with E-state index in [0.29, 0.717) is 5.56 Å². The predicted molar refractivity (Wildman–Crippen MR) is 83.5 cm³/mol. The molecule has 2 aromatic heterocycles. The number of sulfonamides is 1. The summed E-state index contributed by atoms with van der Waals surface area (Å²) >= 11 is 0. The van der Waals surface area contributed by atoms with Crippen molar-refractivity contribution in [1.82, 2.24) is 19.7 Å². The van der Waals surface area contributed by atoms with Gasteiger partial charge in [0.05, 0.1) is 15.8 Å². The number of aromatic nitrogens is 3. The predicted octanol–water partition coefficient (Wildman–Crippen LogP) is 0.0899. The van der Waals surface area contributed by atoms with Crippen LogP contribution in [-0.4, -0.2) is 23.4 Å². The molecule has 3 aromatic rings. The van der Waals surface area contributed by atoms with Gasteiger partial charge in [-0.05, 0) is 29.8 Å². The van der Waals surface area contributed by atoms with Gasteiger partial charge in [-0.2, -0.15) is 0 Å². The molecule has 0 fully saturated rings. The quantitative estimate of drug-likeness (QED) is 0.624. The first kappa shape index (κ1) is 15.1. The Kier molecular flexibility index (Phi) is 3.80. The van der Waals surface area contributed by atoms with Gasteiger partial charge in [-0.25, -0.2) is 17.9 Å². The largest absolute Gasteiger partial charge is 0.326 e. The molecule has 0 spiro atoms. The lowest BCUT2D eigenvalue weighted by Gasteiger charge is -2.07. The smallest absolute Gasteiger partial charge is 0.307 e. The van der Waals surface area contributed by atoms with Crippen molar-refractivity contribution >= 4 is 20.9 Å². The number of fused-ring (bicyclic) bond motifs is 1. The zero-order valence-electron chi connectivity index (χ0n) is 11.7. The van der Waals surface area contributed by atoms with E-state index < -0.39 is 21.3 Å². The van der Waals surface area contributed by atoms with Crippen LogP contribution in [-0.2, 0) is 16.6 Å². The molecule has 0 unspecified atom stereocenters. The second kappa shape index (κ2) is 5.78. The van der Waals surface area contributed by atoms with Crippen LogP contribution in [0.1, 0.15) is 5.56 Å². The van der Waals surface area contributed by atoms with Gasteiger partial charge in [-0.1, -0.05) is 6.07 Å². The summed E-state index contributed by atoms with van der Waals surface area (Å²) in [5, 5.41) is 0.0915. The van der Waals surface area contributed by atoms with Crippen LogP contribution in [0.3, 0.4) is 0 Å². The van der Waals surface area contributed by atoms with Crippen molar-refractivity contribution in [2.24, 2.45) is 0 Å². The number of benzene rings is 1. The third-order valence-electron chi connectivity index (χ3n) is 3.21. The summed E-state index contributed by atoms with van der Waals surface area (Å²) in [4.78, 5) is 31.3. The lowest BCUT2D eigenvalue weighted by atomic mass is 10.2. The summed E-state index contributed by atoms with van der Waals surface area (Å²) in [6, 6.07) is 7.37. The minimum atomic E-state index is -3.80. The van der Waals surface area contributed by atoms with E-state index in [9.17, 15) is 18.0 Å². The van der Waals surface area contributed by atoms with Crippen molar-refractivity contribution in [3.8, 4) is 0 Å². The van der Waals surface area contributed by atoms with Crippen molar-refractivity contribution in [3.63, 3.8) is 0 Å². The van der Waals surface area contributed by atoms with Crippen LogP contribution in [0.5, 0.6) is 0 Å². The Morgan fingerprint density at radius 1 is 1.13 bits per heavy atom. The molecule has 0 saturated carbocycles. The van der Waals surface area contributed by atoms with Crippen LogP contribution < -0.4 is 16.0 Å². The second-order valence-corrected chi connectivity index (χ2v) is 6.57. The molecular formula is C14H12N4O4S. The highest BCUT2D eigenvalue weighted by molar-refractivity contribution is 7.89.